The van der Waals surface area contributed by atoms with E-state index in [1.54, 1.807) is 23.4 Å². The van der Waals surface area contributed by atoms with Crippen LogP contribution in [-0.4, -0.2) is 27.5 Å². The van der Waals surface area contributed by atoms with Gasteiger partial charge in [-0.1, -0.05) is 29.8 Å². The molecular weight excluding hydrogens is 354 g/mol. The molecule has 0 bridgehead atoms. The van der Waals surface area contributed by atoms with Crippen LogP contribution in [-0.2, 0) is 4.79 Å². The number of hydrogen-bond donors (Lipinski definition) is 0. The molecule has 1 aliphatic heterocycles. The molecule has 1 amide bonds. The Morgan fingerprint density at radius 3 is 2.76 bits per heavy atom. The van der Waals surface area contributed by atoms with Crippen molar-refractivity contribution in [2.24, 2.45) is 4.99 Å². The summed E-state index contributed by atoms with van der Waals surface area (Å²) in [7, 11) is 0. The van der Waals surface area contributed by atoms with Crippen molar-refractivity contribution in [3.63, 3.8) is 0 Å². The first kappa shape index (κ1) is 17.5. The smallest absolute Gasteiger partial charge is 0.267 e. The number of carbonyl (C=O) groups is 1. The lowest BCUT2D eigenvalue weighted by atomic mass is 10.1. The number of benzene rings is 1. The zero-order valence-electron chi connectivity index (χ0n) is 13.6. The predicted molar refractivity (Wildman–Crippen MR) is 105 cm³/mol. The van der Waals surface area contributed by atoms with Gasteiger partial charge in [-0.05, 0) is 54.1 Å². The van der Waals surface area contributed by atoms with Crippen molar-refractivity contribution in [3.05, 3.63) is 76.9 Å². The molecule has 4 nitrogen and oxygen atoms in total. The Morgan fingerprint density at radius 2 is 2.12 bits per heavy atom. The van der Waals surface area contributed by atoms with E-state index in [0.29, 0.717) is 27.3 Å². The summed E-state index contributed by atoms with van der Waals surface area (Å²) in [5.41, 5.74) is 2.57. The minimum absolute atomic E-state index is 0.0695. The Hall–Kier alpha value is -2.37. The average molecular weight is 370 g/mol. The van der Waals surface area contributed by atoms with Gasteiger partial charge < -0.3 is 0 Å². The normalized spacial score (nSPS) is 17.9. The van der Waals surface area contributed by atoms with E-state index in [2.05, 4.69) is 16.6 Å². The third kappa shape index (κ3) is 3.83. The van der Waals surface area contributed by atoms with Crippen molar-refractivity contribution >= 4 is 45.7 Å². The molecule has 3 rings (SSSR count). The van der Waals surface area contributed by atoms with Gasteiger partial charge >= 0.3 is 0 Å². The monoisotopic (exact) mass is 369 g/mol. The highest BCUT2D eigenvalue weighted by Gasteiger charge is 2.34. The lowest BCUT2D eigenvalue weighted by Gasteiger charge is -2.12. The van der Waals surface area contributed by atoms with Crippen LogP contribution < -0.4 is 0 Å². The predicted octanol–water partition coefficient (Wildman–Crippen LogP) is 4.92. The molecule has 6 heteroatoms. The van der Waals surface area contributed by atoms with Crippen LogP contribution in [0.2, 0.25) is 5.02 Å². The van der Waals surface area contributed by atoms with Gasteiger partial charge in [0.05, 0.1) is 16.8 Å². The minimum atomic E-state index is -0.0695. The number of aromatic nitrogens is 1. The van der Waals surface area contributed by atoms with Crippen LogP contribution in [0.4, 0.5) is 5.69 Å². The number of thioether (sulfide) groups is 1. The summed E-state index contributed by atoms with van der Waals surface area (Å²) in [5, 5.41) is 1.29. The van der Waals surface area contributed by atoms with Gasteiger partial charge in [-0.3, -0.25) is 14.7 Å². The Kier molecular flexibility index (Phi) is 5.36. The molecule has 0 unspecified atom stereocenters. The Labute approximate surface area is 155 Å². The molecule has 1 saturated heterocycles. The average Bonchev–Trinajstić information content (AvgIpc) is 2.92. The molecule has 0 spiro atoms. The van der Waals surface area contributed by atoms with Gasteiger partial charge in [0.1, 0.15) is 0 Å². The van der Waals surface area contributed by atoms with Crippen molar-refractivity contribution in [2.45, 2.75) is 6.92 Å². The molecule has 2 heterocycles. The zero-order chi connectivity index (χ0) is 17.8. The van der Waals surface area contributed by atoms with Crippen molar-refractivity contribution in [1.29, 1.82) is 0 Å². The molecule has 0 atom stereocenters. The van der Waals surface area contributed by atoms with Crippen LogP contribution in [0.25, 0.3) is 5.57 Å². The summed E-state index contributed by atoms with van der Waals surface area (Å²) in [5.74, 6) is -0.0695. The van der Waals surface area contributed by atoms with Crippen LogP contribution in [0.15, 0.2) is 71.3 Å². The van der Waals surface area contributed by atoms with Crippen LogP contribution >= 0.6 is 23.4 Å². The van der Waals surface area contributed by atoms with E-state index >= 15 is 0 Å². The summed E-state index contributed by atoms with van der Waals surface area (Å²) in [6.45, 7) is 6.07. The second-order valence-electron chi connectivity index (χ2n) is 5.37. The number of amides is 1. The maximum Gasteiger partial charge on any atom is 0.267 e. The van der Waals surface area contributed by atoms with E-state index in [1.807, 2.05) is 43.3 Å². The van der Waals surface area contributed by atoms with Gasteiger partial charge in [0, 0.05) is 17.8 Å². The Bertz CT molecular complexity index is 860. The molecule has 2 aromatic rings. The quantitative estimate of drug-likeness (QED) is 0.568. The van der Waals surface area contributed by atoms with Crippen molar-refractivity contribution < 1.29 is 4.79 Å². The van der Waals surface area contributed by atoms with E-state index in [0.717, 1.165) is 11.1 Å². The fraction of sp³-hybridized carbons (Fsp3) is 0.105. The number of carbonyl (C=O) groups excluding carboxylic acids is 1. The molecule has 0 N–H and O–H groups in total. The van der Waals surface area contributed by atoms with Gasteiger partial charge in [0.2, 0.25) is 0 Å². The van der Waals surface area contributed by atoms with Gasteiger partial charge in [0.15, 0.2) is 5.17 Å². The molecule has 1 aromatic heterocycles. The molecule has 0 radical (unpaired) electrons. The van der Waals surface area contributed by atoms with Crippen molar-refractivity contribution in [3.8, 4) is 0 Å². The third-order valence-electron chi connectivity index (χ3n) is 3.66. The summed E-state index contributed by atoms with van der Waals surface area (Å²) in [6.07, 6.45) is 5.05. The van der Waals surface area contributed by atoms with E-state index in [4.69, 9.17) is 11.6 Å². The summed E-state index contributed by atoms with van der Waals surface area (Å²) < 4.78 is 0. The molecule has 1 fully saturated rings. The van der Waals surface area contributed by atoms with E-state index in [9.17, 15) is 4.79 Å². The largest absolute Gasteiger partial charge is 0.283 e. The summed E-state index contributed by atoms with van der Waals surface area (Å²) in [4.78, 5) is 23.8. The molecular formula is C19H16ClN3OS. The molecule has 0 saturated carbocycles. The fourth-order valence-corrected chi connectivity index (χ4v) is 3.57. The van der Waals surface area contributed by atoms with Crippen LogP contribution in [0, 0.1) is 0 Å². The van der Waals surface area contributed by atoms with Crippen LogP contribution in [0.3, 0.4) is 0 Å². The highest BCUT2D eigenvalue weighted by Crippen LogP contribution is 2.37. The van der Waals surface area contributed by atoms with Crippen molar-refractivity contribution in [2.75, 3.05) is 6.54 Å². The van der Waals surface area contributed by atoms with Gasteiger partial charge in [-0.15, -0.1) is 6.58 Å². The van der Waals surface area contributed by atoms with E-state index < -0.39 is 0 Å². The second-order valence-corrected chi connectivity index (χ2v) is 6.79. The third-order valence-corrected chi connectivity index (χ3v) is 5.09. The SMILES string of the molecule is C=CCN1C(=O)/C(=C(\C)c2ccc(Cl)cc2)SC1=Nc1cccnc1. The Morgan fingerprint density at radius 1 is 1.36 bits per heavy atom. The lowest BCUT2D eigenvalue weighted by Crippen LogP contribution is -2.29. The molecule has 0 aliphatic carbocycles. The van der Waals surface area contributed by atoms with Crippen LogP contribution in [0.5, 0.6) is 0 Å². The Balaban J connectivity index is 2.01. The number of nitrogens with zero attached hydrogens (tertiary/aromatic N) is 3. The number of hydrogen-bond acceptors (Lipinski definition) is 4. The lowest BCUT2D eigenvalue weighted by molar-refractivity contribution is -0.121. The number of pyridine rings is 1. The first-order chi connectivity index (χ1) is 12.1. The maximum absolute atomic E-state index is 12.9. The first-order valence-corrected chi connectivity index (χ1v) is 8.85. The topological polar surface area (TPSA) is 45.6 Å². The molecule has 126 valence electrons. The summed E-state index contributed by atoms with van der Waals surface area (Å²) >= 11 is 7.32. The zero-order valence-corrected chi connectivity index (χ0v) is 15.2. The van der Waals surface area contributed by atoms with E-state index in [-0.39, 0.29) is 5.91 Å². The highest BCUT2D eigenvalue weighted by atomic mass is 35.5. The minimum Gasteiger partial charge on any atom is -0.283 e. The van der Waals surface area contributed by atoms with Gasteiger partial charge in [-0.2, -0.15) is 0 Å². The fourth-order valence-electron chi connectivity index (χ4n) is 2.37. The maximum atomic E-state index is 12.9. The molecule has 1 aliphatic rings. The van der Waals surface area contributed by atoms with Gasteiger partial charge in [-0.25, -0.2) is 4.99 Å². The number of rotatable bonds is 4. The molecule has 25 heavy (non-hydrogen) atoms. The number of amidine groups is 1. The van der Waals surface area contributed by atoms with Crippen molar-refractivity contribution in [1.82, 2.24) is 9.88 Å². The van der Waals surface area contributed by atoms with E-state index in [1.165, 1.54) is 11.8 Å². The number of halogens is 1. The number of aliphatic imine (C=N–C) groups is 1. The first-order valence-electron chi connectivity index (χ1n) is 7.66. The number of allylic oxidation sites excluding steroid dienone is 1. The van der Waals surface area contributed by atoms with Gasteiger partial charge in [0.25, 0.3) is 5.91 Å². The second kappa shape index (κ2) is 7.68. The van der Waals surface area contributed by atoms with Crippen LogP contribution in [0.1, 0.15) is 12.5 Å². The summed E-state index contributed by atoms with van der Waals surface area (Å²) in [6, 6.07) is 11.1. The standard InChI is InChI=1S/C19H16ClN3OS/c1-3-11-23-18(24)17(13(2)14-6-8-15(20)9-7-14)25-19(23)22-16-5-4-10-21-12-16/h3-10,12H,1,11H2,2H3/b17-13-,22-19?. The molecule has 1 aromatic carbocycles. The highest BCUT2D eigenvalue weighted by molar-refractivity contribution is 8.18.